The Labute approximate surface area is 138 Å². The van der Waals surface area contributed by atoms with E-state index >= 15 is 0 Å². The fourth-order valence-corrected chi connectivity index (χ4v) is 2.03. The van der Waals surface area contributed by atoms with E-state index in [4.69, 9.17) is 23.2 Å². The highest BCUT2D eigenvalue weighted by molar-refractivity contribution is 6.39. The molecular weight excluding hydrogens is 391 g/mol. The molecule has 5 nitrogen and oxygen atoms in total. The molecule has 0 radical (unpaired) electrons. The maximum Gasteiger partial charge on any atom is 0.346 e. The Morgan fingerprint density at radius 3 is 1.62 bits per heavy atom. The molecule has 2 aromatic rings. The highest BCUT2D eigenvalue weighted by atomic mass is 35.5. The van der Waals surface area contributed by atoms with E-state index in [9.17, 15) is 36.5 Å². The molecule has 0 unspecified atom stereocenters. The average Bonchev–Trinajstić information content (AvgIpc) is 2.50. The van der Waals surface area contributed by atoms with Gasteiger partial charge in [0.25, 0.3) is 0 Å². The molecule has 0 fully saturated rings. The normalized spacial score (nSPS) is 10.8. The van der Waals surface area contributed by atoms with Gasteiger partial charge in [0.05, 0.1) is 10.6 Å². The van der Waals surface area contributed by atoms with Gasteiger partial charge in [0.1, 0.15) is 15.7 Å². The number of nitro groups is 1. The maximum absolute atomic E-state index is 13.8. The molecule has 0 aliphatic heterocycles. The Morgan fingerprint density at radius 1 is 0.833 bits per heavy atom. The molecule has 0 saturated carbocycles. The van der Waals surface area contributed by atoms with Crippen molar-refractivity contribution in [2.75, 3.05) is 5.32 Å². The van der Waals surface area contributed by atoms with Crippen molar-refractivity contribution in [3.05, 3.63) is 55.3 Å². The number of rotatable bonds is 3. The van der Waals surface area contributed by atoms with Gasteiger partial charge in [0, 0.05) is 0 Å². The molecule has 1 aromatic heterocycles. The predicted octanol–water partition coefficient (Wildman–Crippen LogP) is 4.87. The summed E-state index contributed by atoms with van der Waals surface area (Å²) in [6.45, 7) is 0. The lowest BCUT2D eigenvalue weighted by molar-refractivity contribution is -0.390. The largest absolute Gasteiger partial charge is 0.348 e. The van der Waals surface area contributed by atoms with Crippen LogP contribution in [0.3, 0.4) is 0 Å². The molecule has 1 N–H and O–H groups in total. The van der Waals surface area contributed by atoms with Crippen LogP contribution >= 0.6 is 23.2 Å². The minimum absolute atomic E-state index is 0.992. The highest BCUT2D eigenvalue weighted by Crippen LogP contribution is 2.39. The molecule has 128 valence electrons. The van der Waals surface area contributed by atoms with Crippen molar-refractivity contribution in [3.8, 4) is 0 Å². The molecule has 0 aliphatic rings. The molecular formula is C11HCl2F6N3O2. The fourth-order valence-electron chi connectivity index (χ4n) is 1.61. The summed E-state index contributed by atoms with van der Waals surface area (Å²) in [5.74, 6) is -12.4. The van der Waals surface area contributed by atoms with E-state index in [0.717, 1.165) is 0 Å². The minimum Gasteiger partial charge on any atom is -0.348 e. The van der Waals surface area contributed by atoms with Gasteiger partial charge in [-0.05, 0) is 0 Å². The molecule has 13 heteroatoms. The Bertz CT molecular complexity index is 825. The lowest BCUT2D eigenvalue weighted by atomic mass is 10.2. The van der Waals surface area contributed by atoms with Crippen molar-refractivity contribution in [2.45, 2.75) is 0 Å². The van der Waals surface area contributed by atoms with E-state index in [1.54, 1.807) is 5.32 Å². The van der Waals surface area contributed by atoms with Crippen LogP contribution in [0.25, 0.3) is 0 Å². The molecule has 0 spiro atoms. The zero-order chi connectivity index (χ0) is 18.3. The van der Waals surface area contributed by atoms with Crippen molar-refractivity contribution >= 4 is 40.3 Å². The number of nitrogens with zero attached hydrogens (tertiary/aromatic N) is 2. The van der Waals surface area contributed by atoms with Crippen molar-refractivity contribution in [1.29, 1.82) is 0 Å². The first-order valence-corrected chi connectivity index (χ1v) is 6.30. The standard InChI is InChI=1S/C11HCl2F6N3O2/c12-1-7(2(13)11(19)21-10(1)18)20-8-3(14)5(16)9(22(23)24)6(17)4(8)15/h(H,20,21). The van der Waals surface area contributed by atoms with Gasteiger partial charge in [-0.3, -0.25) is 10.1 Å². The second-order valence-electron chi connectivity index (χ2n) is 4.06. The number of benzene rings is 1. The van der Waals surface area contributed by atoms with Crippen LogP contribution in [0.1, 0.15) is 0 Å². The second kappa shape index (κ2) is 6.32. The van der Waals surface area contributed by atoms with Crippen LogP contribution in [-0.2, 0) is 0 Å². The number of nitrogens with one attached hydrogen (secondary N) is 1. The third-order valence-electron chi connectivity index (χ3n) is 2.67. The third-order valence-corrected chi connectivity index (χ3v) is 3.36. The fraction of sp³-hybridized carbons (Fsp3) is 0. The lowest BCUT2D eigenvalue weighted by Gasteiger charge is -2.13. The minimum atomic E-state index is -2.34. The van der Waals surface area contributed by atoms with Gasteiger partial charge in [-0.25, -0.2) is 8.78 Å². The van der Waals surface area contributed by atoms with Crippen LogP contribution in [-0.4, -0.2) is 9.91 Å². The number of aromatic nitrogens is 1. The summed E-state index contributed by atoms with van der Waals surface area (Å²) in [5.41, 5.74) is -4.71. The molecule has 1 aromatic carbocycles. The Morgan fingerprint density at radius 2 is 1.25 bits per heavy atom. The van der Waals surface area contributed by atoms with Crippen LogP contribution in [0.15, 0.2) is 0 Å². The summed E-state index contributed by atoms with van der Waals surface area (Å²) < 4.78 is 81.1. The average molecular weight is 392 g/mol. The van der Waals surface area contributed by atoms with E-state index in [2.05, 4.69) is 4.98 Å². The van der Waals surface area contributed by atoms with Gasteiger partial charge < -0.3 is 5.32 Å². The molecule has 0 atom stereocenters. The molecule has 0 amide bonds. The summed E-state index contributed by atoms with van der Waals surface area (Å²) in [5, 5.41) is 9.92. The van der Waals surface area contributed by atoms with Crippen molar-refractivity contribution in [2.24, 2.45) is 0 Å². The highest BCUT2D eigenvalue weighted by Gasteiger charge is 2.34. The molecule has 2 rings (SSSR count). The zero-order valence-corrected chi connectivity index (χ0v) is 12.2. The molecule has 0 aliphatic carbocycles. The Hall–Kier alpha value is -2.27. The van der Waals surface area contributed by atoms with E-state index < -0.39 is 67.2 Å². The van der Waals surface area contributed by atoms with Gasteiger partial charge in [0.15, 0.2) is 11.6 Å². The van der Waals surface area contributed by atoms with Gasteiger partial charge in [-0.15, -0.1) is 0 Å². The molecule has 24 heavy (non-hydrogen) atoms. The van der Waals surface area contributed by atoms with E-state index in [1.165, 1.54) is 0 Å². The Kier molecular flexibility index (Phi) is 4.76. The van der Waals surface area contributed by atoms with Crippen LogP contribution in [0.4, 0.5) is 43.4 Å². The van der Waals surface area contributed by atoms with E-state index in [1.807, 2.05) is 0 Å². The zero-order valence-electron chi connectivity index (χ0n) is 10.7. The third kappa shape index (κ3) is 2.80. The monoisotopic (exact) mass is 391 g/mol. The maximum atomic E-state index is 13.8. The Balaban J connectivity index is 2.71. The topological polar surface area (TPSA) is 68.1 Å². The van der Waals surface area contributed by atoms with E-state index in [0.29, 0.717) is 0 Å². The van der Waals surface area contributed by atoms with Gasteiger partial charge >= 0.3 is 5.69 Å². The summed E-state index contributed by atoms with van der Waals surface area (Å²) in [6, 6.07) is 0. The van der Waals surface area contributed by atoms with Gasteiger partial charge in [-0.1, -0.05) is 23.2 Å². The quantitative estimate of drug-likeness (QED) is 0.266. The van der Waals surface area contributed by atoms with Gasteiger partial charge in [0.2, 0.25) is 23.5 Å². The number of pyridine rings is 1. The van der Waals surface area contributed by atoms with Gasteiger partial charge in [-0.2, -0.15) is 22.5 Å². The molecule has 0 saturated heterocycles. The summed E-state index contributed by atoms with van der Waals surface area (Å²) in [7, 11) is 0. The SMILES string of the molecule is O=[N+]([O-])c1c(F)c(F)c(Nc2c(Cl)c(F)nc(F)c2Cl)c(F)c1F. The summed E-state index contributed by atoms with van der Waals surface area (Å²) >= 11 is 10.8. The first-order valence-electron chi connectivity index (χ1n) is 5.55. The molecule has 0 bridgehead atoms. The number of nitro benzene ring substituents is 1. The number of hydrogen-bond acceptors (Lipinski definition) is 4. The van der Waals surface area contributed by atoms with E-state index in [-0.39, 0.29) is 0 Å². The van der Waals surface area contributed by atoms with Crippen molar-refractivity contribution < 1.29 is 31.3 Å². The van der Waals surface area contributed by atoms with Crippen LogP contribution in [0, 0.1) is 45.3 Å². The number of halogens is 8. The summed E-state index contributed by atoms with van der Waals surface area (Å²) in [4.78, 5) is 11.4. The lowest BCUT2D eigenvalue weighted by Crippen LogP contribution is -2.09. The first-order chi connectivity index (χ1) is 11.1. The number of hydrogen-bond donors (Lipinski definition) is 1. The second-order valence-corrected chi connectivity index (χ2v) is 4.81. The van der Waals surface area contributed by atoms with Crippen molar-refractivity contribution in [3.63, 3.8) is 0 Å². The first kappa shape index (κ1) is 18.1. The number of anilines is 2. The molecule has 1 heterocycles. The van der Waals surface area contributed by atoms with Crippen LogP contribution in [0.2, 0.25) is 10.0 Å². The van der Waals surface area contributed by atoms with Crippen LogP contribution in [0.5, 0.6) is 0 Å². The summed E-state index contributed by atoms with van der Waals surface area (Å²) in [6.07, 6.45) is 0. The van der Waals surface area contributed by atoms with Crippen molar-refractivity contribution in [1.82, 2.24) is 4.98 Å². The predicted molar refractivity (Wildman–Crippen MR) is 70.4 cm³/mol. The van der Waals surface area contributed by atoms with Crippen LogP contribution < -0.4 is 5.32 Å². The smallest absolute Gasteiger partial charge is 0.346 e.